The molecular weight excluding hydrogens is 340 g/mol. The number of hydrogen-bond donors (Lipinski definition) is 0. The minimum atomic E-state index is -0.544. The lowest BCUT2D eigenvalue weighted by Crippen LogP contribution is -2.58. The average molecular weight is 374 g/mol. The van der Waals surface area contributed by atoms with Crippen LogP contribution in [0.15, 0.2) is 60.7 Å². The van der Waals surface area contributed by atoms with Gasteiger partial charge < -0.3 is 4.48 Å². The molecule has 0 aromatic heterocycles. The van der Waals surface area contributed by atoms with Gasteiger partial charge in [0.25, 0.3) is 0 Å². The van der Waals surface area contributed by atoms with E-state index in [0.29, 0.717) is 5.92 Å². The van der Waals surface area contributed by atoms with Gasteiger partial charge in [0, 0.05) is 25.7 Å². The van der Waals surface area contributed by atoms with Crippen LogP contribution in [0.4, 0.5) is 0 Å². The van der Waals surface area contributed by atoms with Crippen molar-refractivity contribution >= 4 is 0 Å². The van der Waals surface area contributed by atoms with Crippen LogP contribution in [0.1, 0.15) is 56.6 Å². The van der Waals surface area contributed by atoms with Crippen molar-refractivity contribution in [2.24, 2.45) is 5.92 Å². The van der Waals surface area contributed by atoms with Crippen LogP contribution in [0.3, 0.4) is 0 Å². The van der Waals surface area contributed by atoms with Crippen LogP contribution < -0.4 is 0 Å². The molecule has 0 radical (unpaired) electrons. The fourth-order valence-corrected chi connectivity index (χ4v) is 6.32. The van der Waals surface area contributed by atoms with Gasteiger partial charge in [0.2, 0.25) is 0 Å². The van der Waals surface area contributed by atoms with Crippen LogP contribution in [-0.4, -0.2) is 30.2 Å². The fraction of sp³-hybridized carbons (Fsp3) is 0.500. The quantitative estimate of drug-likeness (QED) is 0.597. The molecule has 4 atom stereocenters. The smallest absolute Gasteiger partial charge is 0.107 e. The molecule has 0 N–H and O–H groups in total. The highest BCUT2D eigenvalue weighted by atomic mass is 15.4. The third-order valence-corrected chi connectivity index (χ3v) is 7.74. The Balaban J connectivity index is 1.66. The monoisotopic (exact) mass is 373 g/mol. The third-order valence-electron chi connectivity index (χ3n) is 7.74. The first-order valence-corrected chi connectivity index (χ1v) is 11.0. The van der Waals surface area contributed by atoms with Gasteiger partial charge in [-0.1, -0.05) is 67.6 Å². The van der Waals surface area contributed by atoms with Crippen LogP contribution in [0.5, 0.6) is 0 Å². The van der Waals surface area contributed by atoms with Gasteiger partial charge in [0.05, 0.1) is 31.7 Å². The molecule has 2 bridgehead atoms. The molecule has 146 valence electrons. The molecule has 2 aliphatic heterocycles. The third kappa shape index (κ3) is 3.16. The predicted octanol–water partition coefficient (Wildman–Crippen LogP) is 5.68. The second-order valence-electron chi connectivity index (χ2n) is 9.25. The molecule has 0 saturated carbocycles. The van der Waals surface area contributed by atoms with Gasteiger partial charge in [-0.2, -0.15) is 5.26 Å². The van der Waals surface area contributed by atoms with Crippen molar-refractivity contribution in [3.05, 3.63) is 71.8 Å². The molecule has 1 unspecified atom stereocenters. The zero-order chi connectivity index (χ0) is 19.6. The first kappa shape index (κ1) is 19.2. The summed E-state index contributed by atoms with van der Waals surface area (Å²) in [5.74, 6) is 0.626. The maximum absolute atomic E-state index is 10.5. The summed E-state index contributed by atoms with van der Waals surface area (Å²) in [6.07, 6.45) is 7.50. The van der Waals surface area contributed by atoms with E-state index in [-0.39, 0.29) is 0 Å². The summed E-state index contributed by atoms with van der Waals surface area (Å²) >= 11 is 0. The van der Waals surface area contributed by atoms with Gasteiger partial charge in [-0.05, 0) is 29.9 Å². The zero-order valence-corrected chi connectivity index (χ0v) is 17.3. The average Bonchev–Trinajstić information content (AvgIpc) is 2.90. The van der Waals surface area contributed by atoms with E-state index in [0.717, 1.165) is 29.6 Å². The molecule has 2 aromatic carbocycles. The van der Waals surface area contributed by atoms with E-state index in [1.165, 1.54) is 43.1 Å². The number of fused-ring (bicyclic) bond motifs is 2. The number of quaternary nitrogens is 1. The largest absolute Gasteiger partial charge is 0.321 e. The molecule has 0 amide bonds. The summed E-state index contributed by atoms with van der Waals surface area (Å²) in [7, 11) is 2.49. The Hall–Kier alpha value is -2.11. The summed E-state index contributed by atoms with van der Waals surface area (Å²) in [5.41, 5.74) is 1.75. The molecule has 2 heterocycles. The maximum Gasteiger partial charge on any atom is 0.107 e. The Bertz CT molecular complexity index is 767. The summed E-state index contributed by atoms with van der Waals surface area (Å²) in [5, 5.41) is 10.5. The highest BCUT2D eigenvalue weighted by Crippen LogP contribution is 2.48. The number of nitriles is 1. The molecule has 2 heteroatoms. The van der Waals surface area contributed by atoms with Gasteiger partial charge in [-0.15, -0.1) is 0 Å². The second kappa shape index (κ2) is 7.72. The lowest BCUT2D eigenvalue weighted by Gasteiger charge is -2.48. The molecular formula is C26H33N2+. The maximum atomic E-state index is 10.5. The Labute approximate surface area is 170 Å². The van der Waals surface area contributed by atoms with E-state index in [4.69, 9.17) is 0 Å². The number of nitrogens with zero attached hydrogens (tertiary/aromatic N) is 2. The molecule has 0 aliphatic carbocycles. The van der Waals surface area contributed by atoms with E-state index >= 15 is 0 Å². The van der Waals surface area contributed by atoms with Gasteiger partial charge in [-0.3, -0.25) is 0 Å². The molecule has 2 fully saturated rings. The normalized spacial score (nSPS) is 29.4. The molecule has 2 aromatic rings. The standard InChI is InChI=1S/C26H33N2/c1-3-16-28(2)24-14-15-25(28)18-21(17-24)19-26(20-27,22-10-6-4-7-11-22)23-12-8-5-9-13-23/h4-13,21,24-25H,3,14-19H2,1-2H3/q+1/t21-,24+,25-,28?. The SMILES string of the molecule is CCC[N+]1(C)[C@@H]2CC[C@H]1C[C@@H](CC(C#N)(c1ccccc1)c1ccccc1)C2. The topological polar surface area (TPSA) is 23.8 Å². The molecule has 0 spiro atoms. The number of hydrogen-bond acceptors (Lipinski definition) is 1. The number of rotatable bonds is 6. The Morgan fingerprint density at radius 2 is 1.43 bits per heavy atom. The Kier molecular flexibility index (Phi) is 5.30. The van der Waals surface area contributed by atoms with Crippen LogP contribution in [0, 0.1) is 17.2 Å². The van der Waals surface area contributed by atoms with E-state index < -0.39 is 5.41 Å². The lowest BCUT2D eigenvalue weighted by molar-refractivity contribution is -0.949. The number of benzene rings is 2. The highest BCUT2D eigenvalue weighted by Gasteiger charge is 2.52. The van der Waals surface area contributed by atoms with Crippen molar-refractivity contribution in [3.8, 4) is 6.07 Å². The van der Waals surface area contributed by atoms with Crippen molar-refractivity contribution in [2.45, 2.75) is 62.9 Å². The van der Waals surface area contributed by atoms with Gasteiger partial charge in [0.1, 0.15) is 5.41 Å². The van der Waals surface area contributed by atoms with Crippen LogP contribution in [0.25, 0.3) is 0 Å². The van der Waals surface area contributed by atoms with Gasteiger partial charge in [0.15, 0.2) is 0 Å². The minimum Gasteiger partial charge on any atom is -0.321 e. The van der Waals surface area contributed by atoms with Crippen molar-refractivity contribution < 1.29 is 4.48 Å². The van der Waals surface area contributed by atoms with E-state index in [9.17, 15) is 5.26 Å². The van der Waals surface area contributed by atoms with Crippen LogP contribution in [0.2, 0.25) is 0 Å². The van der Waals surface area contributed by atoms with Crippen molar-refractivity contribution in [1.82, 2.24) is 0 Å². The molecule has 4 rings (SSSR count). The molecule has 2 saturated heterocycles. The van der Waals surface area contributed by atoms with Crippen LogP contribution in [-0.2, 0) is 5.41 Å². The zero-order valence-electron chi connectivity index (χ0n) is 17.3. The van der Waals surface area contributed by atoms with Crippen molar-refractivity contribution in [3.63, 3.8) is 0 Å². The molecule has 2 aliphatic rings. The van der Waals surface area contributed by atoms with E-state index in [2.05, 4.69) is 68.6 Å². The Morgan fingerprint density at radius 3 is 1.86 bits per heavy atom. The Morgan fingerprint density at radius 1 is 0.929 bits per heavy atom. The first-order chi connectivity index (χ1) is 13.6. The van der Waals surface area contributed by atoms with E-state index in [1.54, 1.807) is 0 Å². The summed E-state index contributed by atoms with van der Waals surface area (Å²) < 4.78 is 1.28. The van der Waals surface area contributed by atoms with Crippen molar-refractivity contribution in [2.75, 3.05) is 13.6 Å². The molecule has 28 heavy (non-hydrogen) atoms. The number of piperidine rings is 1. The minimum absolute atomic E-state index is 0.544. The fourth-order valence-electron chi connectivity index (χ4n) is 6.32. The van der Waals surface area contributed by atoms with E-state index in [1.807, 2.05) is 12.1 Å². The summed E-state index contributed by atoms with van der Waals surface area (Å²) in [6.45, 7) is 3.63. The molecule has 2 nitrogen and oxygen atoms in total. The van der Waals surface area contributed by atoms with Gasteiger partial charge >= 0.3 is 0 Å². The first-order valence-electron chi connectivity index (χ1n) is 11.0. The second-order valence-corrected chi connectivity index (χ2v) is 9.25. The van der Waals surface area contributed by atoms with Crippen LogP contribution >= 0.6 is 0 Å². The predicted molar refractivity (Wildman–Crippen MR) is 115 cm³/mol. The highest BCUT2D eigenvalue weighted by molar-refractivity contribution is 5.45. The van der Waals surface area contributed by atoms with Gasteiger partial charge in [-0.25, -0.2) is 0 Å². The lowest BCUT2D eigenvalue weighted by atomic mass is 9.67. The summed E-state index contributed by atoms with van der Waals surface area (Å²) in [6, 6.07) is 25.3. The van der Waals surface area contributed by atoms with Crippen molar-refractivity contribution in [1.29, 1.82) is 5.26 Å². The summed E-state index contributed by atoms with van der Waals surface area (Å²) in [4.78, 5) is 0.